The van der Waals surface area contributed by atoms with Gasteiger partial charge in [-0.25, -0.2) is 4.72 Å². The molecule has 0 atom stereocenters. The molecule has 0 aromatic heterocycles. The van der Waals surface area contributed by atoms with E-state index in [1.165, 1.54) is 0 Å². The molecule has 0 radical (unpaired) electrons. The lowest BCUT2D eigenvalue weighted by Gasteiger charge is -2.20. The first-order chi connectivity index (χ1) is 7.67. The maximum Gasteiger partial charge on any atom is 0.279 e. The summed E-state index contributed by atoms with van der Waals surface area (Å²) in [6.07, 6.45) is 4.25. The molecule has 6 heteroatoms. The van der Waals surface area contributed by atoms with Crippen LogP contribution in [0.3, 0.4) is 0 Å². The molecule has 16 heavy (non-hydrogen) atoms. The van der Waals surface area contributed by atoms with Crippen LogP contribution in [0.2, 0.25) is 0 Å². The highest BCUT2D eigenvalue weighted by Gasteiger charge is 2.21. The highest BCUT2D eigenvalue weighted by molar-refractivity contribution is 7.87. The van der Waals surface area contributed by atoms with Gasteiger partial charge in [-0.3, -0.25) is 0 Å². The van der Waals surface area contributed by atoms with Crippen molar-refractivity contribution in [3.63, 3.8) is 0 Å². The molecule has 1 rings (SSSR count). The van der Waals surface area contributed by atoms with Crippen LogP contribution < -0.4 is 10.0 Å². The first-order valence-electron chi connectivity index (χ1n) is 6.12. The molecule has 0 aromatic rings. The second-order valence-corrected chi connectivity index (χ2v) is 5.82. The Morgan fingerprint density at radius 3 is 2.25 bits per heavy atom. The van der Waals surface area contributed by atoms with Crippen molar-refractivity contribution in [2.75, 3.05) is 32.7 Å². The molecule has 1 saturated heterocycles. The Balaban J connectivity index is 2.36. The molecule has 2 N–H and O–H groups in total. The molecule has 0 aliphatic carbocycles. The molecule has 1 heterocycles. The maximum atomic E-state index is 11.9. The number of nitrogens with one attached hydrogen (secondary N) is 2. The van der Waals surface area contributed by atoms with Gasteiger partial charge in [-0.2, -0.15) is 12.7 Å². The Morgan fingerprint density at radius 2 is 1.69 bits per heavy atom. The lowest BCUT2D eigenvalue weighted by molar-refractivity contribution is 0.414. The monoisotopic (exact) mass is 249 g/mol. The normalized spacial score (nSPS) is 19.6. The molecule has 5 nitrogen and oxygen atoms in total. The Bertz CT molecular complexity index is 272. The number of likely N-dealkylation sites (N-methyl/N-ethyl adjacent to an activating group) is 1. The van der Waals surface area contributed by atoms with Gasteiger partial charge < -0.3 is 5.32 Å². The van der Waals surface area contributed by atoms with Gasteiger partial charge in [0.2, 0.25) is 0 Å². The summed E-state index contributed by atoms with van der Waals surface area (Å²) in [4.78, 5) is 0. The van der Waals surface area contributed by atoms with Gasteiger partial charge in [-0.15, -0.1) is 0 Å². The predicted octanol–water partition coefficient (Wildman–Crippen LogP) is 0.306. The van der Waals surface area contributed by atoms with E-state index in [1.54, 1.807) is 4.31 Å². The van der Waals surface area contributed by atoms with E-state index >= 15 is 0 Å². The zero-order valence-corrected chi connectivity index (χ0v) is 10.9. The second kappa shape index (κ2) is 7.21. The minimum atomic E-state index is -3.24. The van der Waals surface area contributed by atoms with Crippen LogP contribution in [-0.2, 0) is 10.2 Å². The van der Waals surface area contributed by atoms with E-state index < -0.39 is 10.2 Å². The van der Waals surface area contributed by atoms with Gasteiger partial charge in [0.1, 0.15) is 0 Å². The summed E-state index contributed by atoms with van der Waals surface area (Å²) in [5.74, 6) is 0. The average Bonchev–Trinajstić information content (AvgIpc) is 2.53. The van der Waals surface area contributed by atoms with Gasteiger partial charge >= 0.3 is 0 Å². The van der Waals surface area contributed by atoms with Crippen molar-refractivity contribution in [1.29, 1.82) is 0 Å². The van der Waals surface area contributed by atoms with Crippen LogP contribution in [0.4, 0.5) is 0 Å². The minimum Gasteiger partial charge on any atom is -0.316 e. The van der Waals surface area contributed by atoms with Crippen LogP contribution in [0, 0.1) is 0 Å². The van der Waals surface area contributed by atoms with Gasteiger partial charge in [0.05, 0.1) is 0 Å². The van der Waals surface area contributed by atoms with Crippen molar-refractivity contribution in [2.24, 2.45) is 0 Å². The minimum absolute atomic E-state index is 0.465. The lowest BCUT2D eigenvalue weighted by atomic mass is 10.2. The molecule has 0 unspecified atom stereocenters. The molecule has 1 aliphatic heterocycles. The largest absolute Gasteiger partial charge is 0.316 e. The average molecular weight is 249 g/mol. The van der Waals surface area contributed by atoms with E-state index in [2.05, 4.69) is 10.0 Å². The smallest absolute Gasteiger partial charge is 0.279 e. The van der Waals surface area contributed by atoms with Gasteiger partial charge in [0.25, 0.3) is 10.2 Å². The van der Waals surface area contributed by atoms with E-state index in [9.17, 15) is 8.42 Å². The third-order valence-electron chi connectivity index (χ3n) is 2.74. The van der Waals surface area contributed by atoms with Crippen LogP contribution >= 0.6 is 0 Å². The number of hydrogen-bond acceptors (Lipinski definition) is 3. The van der Waals surface area contributed by atoms with E-state index in [1.807, 2.05) is 6.92 Å². The summed E-state index contributed by atoms with van der Waals surface area (Å²) in [7, 11) is -3.24. The standard InChI is InChI=1S/C10H23N3O2S/c1-2-11-7-8-12-16(14,15)13-9-5-3-4-6-10-13/h11-12H,2-10H2,1H3. The molecule has 0 amide bonds. The Morgan fingerprint density at radius 1 is 1.06 bits per heavy atom. The fraction of sp³-hybridized carbons (Fsp3) is 1.00. The van der Waals surface area contributed by atoms with E-state index in [-0.39, 0.29) is 0 Å². The molecule has 1 aliphatic rings. The number of hydrogen-bond donors (Lipinski definition) is 2. The Labute approximate surface area is 98.8 Å². The fourth-order valence-corrected chi connectivity index (χ4v) is 3.10. The zero-order valence-electron chi connectivity index (χ0n) is 10.0. The Kier molecular flexibility index (Phi) is 6.26. The highest BCUT2D eigenvalue weighted by atomic mass is 32.2. The van der Waals surface area contributed by atoms with Gasteiger partial charge in [-0.05, 0) is 19.4 Å². The maximum absolute atomic E-state index is 11.9. The molecular formula is C10H23N3O2S. The zero-order chi connectivity index (χ0) is 11.9. The van der Waals surface area contributed by atoms with Crippen molar-refractivity contribution < 1.29 is 8.42 Å². The van der Waals surface area contributed by atoms with Crippen LogP contribution in [0.15, 0.2) is 0 Å². The third-order valence-corrected chi connectivity index (χ3v) is 4.36. The van der Waals surface area contributed by atoms with Crippen LogP contribution in [0.1, 0.15) is 32.6 Å². The fourth-order valence-electron chi connectivity index (χ4n) is 1.82. The first-order valence-corrected chi connectivity index (χ1v) is 7.56. The van der Waals surface area contributed by atoms with Crippen molar-refractivity contribution in [2.45, 2.75) is 32.6 Å². The third kappa shape index (κ3) is 4.78. The second-order valence-electron chi connectivity index (χ2n) is 4.07. The van der Waals surface area contributed by atoms with Gasteiger partial charge in [0, 0.05) is 26.2 Å². The summed E-state index contributed by atoms with van der Waals surface area (Å²) in [6.45, 7) is 5.35. The van der Waals surface area contributed by atoms with Crippen molar-refractivity contribution in [3.8, 4) is 0 Å². The SMILES string of the molecule is CCNCCNS(=O)(=O)N1CCCCCC1. The molecule has 1 fully saturated rings. The van der Waals surface area contributed by atoms with Gasteiger partial charge in [-0.1, -0.05) is 19.8 Å². The molecule has 0 bridgehead atoms. The van der Waals surface area contributed by atoms with Gasteiger partial charge in [0.15, 0.2) is 0 Å². The lowest BCUT2D eigenvalue weighted by Crippen LogP contribution is -2.43. The summed E-state index contributed by atoms with van der Waals surface area (Å²) >= 11 is 0. The van der Waals surface area contributed by atoms with Crippen LogP contribution in [0.25, 0.3) is 0 Å². The molecular weight excluding hydrogens is 226 g/mol. The molecule has 96 valence electrons. The predicted molar refractivity (Wildman–Crippen MR) is 65.5 cm³/mol. The van der Waals surface area contributed by atoms with Crippen LogP contribution in [-0.4, -0.2) is 45.4 Å². The Hall–Kier alpha value is -0.170. The molecule has 0 aromatic carbocycles. The summed E-state index contributed by atoms with van der Waals surface area (Å²) in [6, 6.07) is 0. The molecule has 0 saturated carbocycles. The summed E-state index contributed by atoms with van der Waals surface area (Å²) in [5.41, 5.74) is 0. The first kappa shape index (κ1) is 13.9. The van der Waals surface area contributed by atoms with Crippen LogP contribution in [0.5, 0.6) is 0 Å². The number of rotatable bonds is 6. The summed E-state index contributed by atoms with van der Waals surface area (Å²) < 4.78 is 28.0. The summed E-state index contributed by atoms with van der Waals surface area (Å²) in [5, 5.41) is 3.09. The van der Waals surface area contributed by atoms with E-state index in [0.717, 1.165) is 32.2 Å². The van der Waals surface area contributed by atoms with E-state index in [0.29, 0.717) is 26.2 Å². The quantitative estimate of drug-likeness (QED) is 0.666. The number of nitrogens with zero attached hydrogens (tertiary/aromatic N) is 1. The highest BCUT2D eigenvalue weighted by Crippen LogP contribution is 2.11. The van der Waals surface area contributed by atoms with Crippen molar-refractivity contribution in [3.05, 3.63) is 0 Å². The van der Waals surface area contributed by atoms with Crippen molar-refractivity contribution in [1.82, 2.24) is 14.3 Å². The topological polar surface area (TPSA) is 61.4 Å². The van der Waals surface area contributed by atoms with E-state index in [4.69, 9.17) is 0 Å². The molecule has 0 spiro atoms. The van der Waals surface area contributed by atoms with Crippen molar-refractivity contribution >= 4 is 10.2 Å².